The predicted octanol–water partition coefficient (Wildman–Crippen LogP) is 2.74. The van der Waals surface area contributed by atoms with Crippen molar-refractivity contribution in [3.05, 3.63) is 22.7 Å². The number of nitrogens with one attached hydrogen (secondary N) is 1. The molecule has 6 nitrogen and oxygen atoms in total. The van der Waals surface area contributed by atoms with Crippen LogP contribution in [-0.2, 0) is 4.79 Å². The standard InChI is InChI=1S/C17H25ClN2O4/c1-5-7-20(11-15(21)19-3)17(22)12-9-13(18)16(24-8-6-2)14(10-12)23-4/h9-10H,5-8,11H2,1-4H3,(H,19,21). The lowest BCUT2D eigenvalue weighted by molar-refractivity contribution is -0.121. The molecule has 1 aromatic rings. The van der Waals surface area contributed by atoms with Gasteiger partial charge in [0, 0.05) is 19.2 Å². The smallest absolute Gasteiger partial charge is 0.254 e. The molecule has 0 aliphatic carbocycles. The van der Waals surface area contributed by atoms with Gasteiger partial charge in [0.15, 0.2) is 11.5 Å². The molecular formula is C17H25ClN2O4. The van der Waals surface area contributed by atoms with E-state index in [-0.39, 0.29) is 18.4 Å². The van der Waals surface area contributed by atoms with E-state index >= 15 is 0 Å². The van der Waals surface area contributed by atoms with E-state index in [1.807, 2.05) is 13.8 Å². The first kappa shape index (κ1) is 20.1. The molecule has 0 heterocycles. The van der Waals surface area contributed by atoms with E-state index in [0.717, 1.165) is 12.8 Å². The fraction of sp³-hybridized carbons (Fsp3) is 0.529. The normalized spacial score (nSPS) is 10.2. The number of rotatable bonds is 9. The van der Waals surface area contributed by atoms with Crippen molar-refractivity contribution >= 4 is 23.4 Å². The van der Waals surface area contributed by atoms with E-state index in [4.69, 9.17) is 21.1 Å². The Bertz CT molecular complexity index is 578. The van der Waals surface area contributed by atoms with E-state index in [2.05, 4.69) is 5.32 Å². The number of amides is 2. The van der Waals surface area contributed by atoms with Crippen LogP contribution in [0.4, 0.5) is 0 Å². The Labute approximate surface area is 148 Å². The first-order valence-electron chi connectivity index (χ1n) is 7.98. The quantitative estimate of drug-likeness (QED) is 0.738. The lowest BCUT2D eigenvalue weighted by Crippen LogP contribution is -2.40. The van der Waals surface area contributed by atoms with Gasteiger partial charge in [-0.25, -0.2) is 0 Å². The molecule has 0 bridgehead atoms. The van der Waals surface area contributed by atoms with Crippen molar-refractivity contribution < 1.29 is 19.1 Å². The number of benzene rings is 1. The van der Waals surface area contributed by atoms with Gasteiger partial charge in [0.1, 0.15) is 0 Å². The molecule has 0 aromatic heterocycles. The van der Waals surface area contributed by atoms with Crippen LogP contribution in [0.1, 0.15) is 37.0 Å². The molecule has 2 amide bonds. The van der Waals surface area contributed by atoms with Crippen LogP contribution in [-0.4, -0.2) is 50.6 Å². The van der Waals surface area contributed by atoms with Gasteiger partial charge in [0.2, 0.25) is 5.91 Å². The zero-order chi connectivity index (χ0) is 18.1. The summed E-state index contributed by atoms with van der Waals surface area (Å²) in [7, 11) is 3.03. The average Bonchev–Trinajstić information content (AvgIpc) is 2.58. The third kappa shape index (κ3) is 5.30. The van der Waals surface area contributed by atoms with Crippen LogP contribution in [0.15, 0.2) is 12.1 Å². The maximum atomic E-state index is 12.7. The van der Waals surface area contributed by atoms with Crippen LogP contribution in [0.5, 0.6) is 11.5 Å². The Morgan fingerprint density at radius 3 is 2.50 bits per heavy atom. The molecule has 0 radical (unpaired) electrons. The summed E-state index contributed by atoms with van der Waals surface area (Å²) in [6.45, 7) is 4.90. The van der Waals surface area contributed by atoms with Gasteiger partial charge in [-0.05, 0) is 25.0 Å². The Balaban J connectivity index is 3.11. The van der Waals surface area contributed by atoms with Crippen LogP contribution in [0, 0.1) is 0 Å². The minimum Gasteiger partial charge on any atom is -0.493 e. The lowest BCUT2D eigenvalue weighted by Gasteiger charge is -2.22. The fourth-order valence-electron chi connectivity index (χ4n) is 2.14. The number of carbonyl (C=O) groups is 2. The summed E-state index contributed by atoms with van der Waals surface area (Å²) in [4.78, 5) is 25.8. The summed E-state index contributed by atoms with van der Waals surface area (Å²) in [6, 6.07) is 3.13. The van der Waals surface area contributed by atoms with Crippen molar-refractivity contribution in [1.82, 2.24) is 10.2 Å². The van der Waals surface area contributed by atoms with Gasteiger partial charge in [0.25, 0.3) is 5.91 Å². The molecule has 0 aliphatic heterocycles. The van der Waals surface area contributed by atoms with Gasteiger partial charge in [0.05, 0.1) is 25.3 Å². The van der Waals surface area contributed by atoms with Gasteiger partial charge in [-0.15, -0.1) is 0 Å². The zero-order valence-electron chi connectivity index (χ0n) is 14.6. The van der Waals surface area contributed by atoms with E-state index in [1.54, 1.807) is 12.1 Å². The third-order valence-corrected chi connectivity index (χ3v) is 3.60. The summed E-state index contributed by atoms with van der Waals surface area (Å²) in [6.07, 6.45) is 1.57. The van der Waals surface area contributed by atoms with E-state index in [1.165, 1.54) is 19.1 Å². The molecule has 0 aliphatic rings. The van der Waals surface area contributed by atoms with E-state index < -0.39 is 0 Å². The number of methoxy groups -OCH3 is 1. The average molecular weight is 357 g/mol. The van der Waals surface area contributed by atoms with Crippen LogP contribution in [0.3, 0.4) is 0 Å². The first-order chi connectivity index (χ1) is 11.5. The summed E-state index contributed by atoms with van der Waals surface area (Å²) < 4.78 is 10.9. The number of ether oxygens (including phenoxy) is 2. The Kier molecular flexibility index (Phi) is 8.40. The molecule has 0 saturated carbocycles. The Hall–Kier alpha value is -1.95. The third-order valence-electron chi connectivity index (χ3n) is 3.32. The van der Waals surface area contributed by atoms with Crippen molar-refractivity contribution in [1.29, 1.82) is 0 Å². The number of hydrogen-bond donors (Lipinski definition) is 1. The van der Waals surface area contributed by atoms with Gasteiger partial charge in [-0.3, -0.25) is 9.59 Å². The number of carbonyl (C=O) groups excluding carboxylic acids is 2. The highest BCUT2D eigenvalue weighted by atomic mass is 35.5. The molecule has 0 atom stereocenters. The molecule has 24 heavy (non-hydrogen) atoms. The second kappa shape index (κ2) is 10.0. The first-order valence-corrected chi connectivity index (χ1v) is 8.36. The second-order valence-corrected chi connectivity index (χ2v) is 5.64. The molecule has 0 fully saturated rings. The second-order valence-electron chi connectivity index (χ2n) is 5.24. The number of nitrogens with zero attached hydrogens (tertiary/aromatic N) is 1. The monoisotopic (exact) mass is 356 g/mol. The van der Waals surface area contributed by atoms with Gasteiger partial charge in [-0.2, -0.15) is 0 Å². The molecule has 0 unspecified atom stereocenters. The van der Waals surface area contributed by atoms with Gasteiger partial charge >= 0.3 is 0 Å². The van der Waals surface area contributed by atoms with E-state index in [9.17, 15) is 9.59 Å². The zero-order valence-corrected chi connectivity index (χ0v) is 15.4. The SMILES string of the molecule is CCCOc1c(Cl)cc(C(=O)N(CCC)CC(=O)NC)cc1OC. The summed E-state index contributed by atoms with van der Waals surface area (Å²) >= 11 is 6.25. The van der Waals surface area contributed by atoms with Crippen LogP contribution in [0.25, 0.3) is 0 Å². The maximum Gasteiger partial charge on any atom is 0.254 e. The number of hydrogen-bond acceptors (Lipinski definition) is 4. The summed E-state index contributed by atoms with van der Waals surface area (Å²) in [5, 5.41) is 2.83. The summed E-state index contributed by atoms with van der Waals surface area (Å²) in [5.41, 5.74) is 0.359. The van der Waals surface area contributed by atoms with Crippen molar-refractivity contribution in [2.75, 3.05) is 33.9 Å². The highest BCUT2D eigenvalue weighted by molar-refractivity contribution is 6.32. The molecule has 0 saturated heterocycles. The topological polar surface area (TPSA) is 67.9 Å². The predicted molar refractivity (Wildman–Crippen MR) is 94.1 cm³/mol. The lowest BCUT2D eigenvalue weighted by atomic mass is 10.1. The molecule has 134 valence electrons. The van der Waals surface area contributed by atoms with Gasteiger partial charge < -0.3 is 19.7 Å². The van der Waals surface area contributed by atoms with Crippen LogP contribution >= 0.6 is 11.6 Å². The molecule has 1 N–H and O–H groups in total. The van der Waals surface area contributed by atoms with Crippen molar-refractivity contribution in [3.63, 3.8) is 0 Å². The van der Waals surface area contributed by atoms with E-state index in [0.29, 0.717) is 35.2 Å². The van der Waals surface area contributed by atoms with Crippen molar-refractivity contribution in [2.45, 2.75) is 26.7 Å². The Morgan fingerprint density at radius 2 is 1.96 bits per heavy atom. The molecule has 0 spiro atoms. The highest BCUT2D eigenvalue weighted by Gasteiger charge is 2.21. The molecule has 1 rings (SSSR count). The maximum absolute atomic E-state index is 12.7. The molecule has 7 heteroatoms. The minimum absolute atomic E-state index is 0.00278. The molecule has 1 aromatic carbocycles. The molecular weight excluding hydrogens is 332 g/mol. The minimum atomic E-state index is -0.275. The van der Waals surface area contributed by atoms with Crippen LogP contribution < -0.4 is 14.8 Å². The fourth-order valence-corrected chi connectivity index (χ4v) is 2.41. The van der Waals surface area contributed by atoms with Crippen molar-refractivity contribution in [2.24, 2.45) is 0 Å². The number of halogens is 1. The highest BCUT2D eigenvalue weighted by Crippen LogP contribution is 2.36. The number of likely N-dealkylation sites (N-methyl/N-ethyl adjacent to an activating group) is 1. The van der Waals surface area contributed by atoms with Crippen molar-refractivity contribution in [3.8, 4) is 11.5 Å². The summed E-state index contributed by atoms with van der Waals surface area (Å²) in [5.74, 6) is 0.321. The largest absolute Gasteiger partial charge is 0.493 e. The van der Waals surface area contributed by atoms with Crippen LogP contribution in [0.2, 0.25) is 5.02 Å². The Morgan fingerprint density at radius 1 is 1.25 bits per heavy atom. The van der Waals surface area contributed by atoms with Gasteiger partial charge in [-0.1, -0.05) is 25.4 Å².